The van der Waals surface area contributed by atoms with Crippen LogP contribution in [0.5, 0.6) is 0 Å². The van der Waals surface area contributed by atoms with E-state index in [4.69, 9.17) is 0 Å². The molecule has 1 heterocycles. The normalized spacial score (nSPS) is 13.1. The molecule has 1 N–H and O–H groups in total. The molecule has 1 aliphatic heterocycles. The van der Waals surface area contributed by atoms with Crippen LogP contribution < -0.4 is 10.4 Å². The van der Waals surface area contributed by atoms with Crippen molar-refractivity contribution in [2.24, 2.45) is 0 Å². The first-order valence-electron chi connectivity index (χ1n) is 8.81. The lowest BCUT2D eigenvalue weighted by molar-refractivity contribution is 0.901. The number of benzene rings is 4. The van der Waals surface area contributed by atoms with Crippen molar-refractivity contribution in [2.45, 2.75) is 0 Å². The quantitative estimate of drug-likeness (QED) is 0.484. The van der Waals surface area contributed by atoms with Crippen molar-refractivity contribution in [3.63, 3.8) is 0 Å². The fraction of sp³-hybridized carbons (Fsp3) is 0. The number of hydrazine groups is 1. The average molecular weight is 334 g/mol. The molecule has 26 heavy (non-hydrogen) atoms. The molecule has 124 valence electrons. The van der Waals surface area contributed by atoms with Crippen LogP contribution in [-0.2, 0) is 0 Å². The zero-order chi connectivity index (χ0) is 17.3. The topological polar surface area (TPSA) is 15.3 Å². The number of nitrogens with one attached hydrogen (secondary N) is 1. The van der Waals surface area contributed by atoms with Crippen LogP contribution in [0.15, 0.2) is 97.1 Å². The van der Waals surface area contributed by atoms with Crippen molar-refractivity contribution in [3.05, 3.63) is 108 Å². The average Bonchev–Trinajstić information content (AvgIpc) is 2.74. The van der Waals surface area contributed by atoms with Crippen LogP contribution in [0.25, 0.3) is 22.5 Å². The van der Waals surface area contributed by atoms with Gasteiger partial charge in [-0.3, -0.25) is 10.4 Å². The second-order valence-corrected chi connectivity index (χ2v) is 6.43. The monoisotopic (exact) mass is 334 g/mol. The predicted octanol–water partition coefficient (Wildman–Crippen LogP) is 5.99. The third-order valence-corrected chi connectivity index (χ3v) is 4.81. The van der Waals surface area contributed by atoms with Gasteiger partial charge in [-0.1, -0.05) is 78.9 Å². The van der Waals surface area contributed by atoms with E-state index < -0.39 is 0 Å². The van der Waals surface area contributed by atoms with Crippen molar-refractivity contribution in [1.82, 2.24) is 5.43 Å². The summed E-state index contributed by atoms with van der Waals surface area (Å²) in [6.07, 6.45) is 2.26. The minimum Gasteiger partial charge on any atom is -0.293 e. The predicted molar refractivity (Wildman–Crippen MR) is 110 cm³/mol. The lowest BCUT2D eigenvalue weighted by atomic mass is 9.98. The highest BCUT2D eigenvalue weighted by Gasteiger charge is 2.21. The molecule has 4 aromatic rings. The molecule has 0 saturated carbocycles. The maximum Gasteiger partial charge on any atom is 0.0710 e. The van der Waals surface area contributed by atoms with Gasteiger partial charge >= 0.3 is 0 Å². The summed E-state index contributed by atoms with van der Waals surface area (Å²) in [7, 11) is 0. The standard InChI is InChI=1S/C24H18N2/c1-3-10-19(11-4-1)23-17-22-21-14-8-7-9-18(21)15-16-24(22)26(25-23)20-12-5-2-6-13-20/h1-17,25H. The molecule has 2 nitrogen and oxygen atoms in total. The van der Waals surface area contributed by atoms with E-state index >= 15 is 0 Å². The summed E-state index contributed by atoms with van der Waals surface area (Å²) < 4.78 is 0. The highest BCUT2D eigenvalue weighted by atomic mass is 15.5. The molecular formula is C24H18N2. The summed E-state index contributed by atoms with van der Waals surface area (Å²) in [6, 6.07) is 33.8. The van der Waals surface area contributed by atoms with Crippen LogP contribution in [-0.4, -0.2) is 0 Å². The van der Waals surface area contributed by atoms with Gasteiger partial charge in [0.05, 0.1) is 17.1 Å². The Balaban J connectivity index is 1.77. The number of hydrogen-bond donors (Lipinski definition) is 1. The maximum atomic E-state index is 3.60. The Labute approximate surface area is 153 Å². The molecule has 0 fully saturated rings. The molecule has 0 aromatic heterocycles. The molecule has 0 aliphatic carbocycles. The number of para-hydroxylation sites is 1. The summed E-state index contributed by atoms with van der Waals surface area (Å²) in [5, 5.41) is 4.69. The summed E-state index contributed by atoms with van der Waals surface area (Å²) in [4.78, 5) is 0. The minimum atomic E-state index is 1.10. The largest absolute Gasteiger partial charge is 0.293 e. The van der Waals surface area contributed by atoms with E-state index in [2.05, 4.69) is 101 Å². The van der Waals surface area contributed by atoms with E-state index in [9.17, 15) is 0 Å². The van der Waals surface area contributed by atoms with Gasteiger partial charge in [-0.2, -0.15) is 0 Å². The summed E-state index contributed by atoms with van der Waals surface area (Å²) in [5.41, 5.74) is 9.39. The highest BCUT2D eigenvalue weighted by Crippen LogP contribution is 2.38. The minimum absolute atomic E-state index is 1.10. The van der Waals surface area contributed by atoms with Crippen molar-refractivity contribution < 1.29 is 0 Å². The Kier molecular flexibility index (Phi) is 3.46. The van der Waals surface area contributed by atoms with Gasteiger partial charge in [0.15, 0.2) is 0 Å². The number of rotatable bonds is 2. The van der Waals surface area contributed by atoms with Crippen LogP contribution in [0.3, 0.4) is 0 Å². The van der Waals surface area contributed by atoms with Gasteiger partial charge in [0.25, 0.3) is 0 Å². The Morgan fingerprint density at radius 3 is 2.12 bits per heavy atom. The van der Waals surface area contributed by atoms with Crippen LogP contribution >= 0.6 is 0 Å². The van der Waals surface area contributed by atoms with Crippen LogP contribution in [0.2, 0.25) is 0 Å². The molecule has 5 rings (SSSR count). The van der Waals surface area contributed by atoms with E-state index in [1.54, 1.807) is 0 Å². The van der Waals surface area contributed by atoms with E-state index in [-0.39, 0.29) is 0 Å². The Morgan fingerprint density at radius 2 is 1.31 bits per heavy atom. The Morgan fingerprint density at radius 1 is 0.615 bits per heavy atom. The molecule has 0 amide bonds. The maximum absolute atomic E-state index is 3.60. The summed E-state index contributed by atoms with van der Waals surface area (Å²) in [6.45, 7) is 0. The number of anilines is 2. The van der Waals surface area contributed by atoms with E-state index in [1.165, 1.54) is 21.9 Å². The van der Waals surface area contributed by atoms with Gasteiger partial charge in [0.1, 0.15) is 0 Å². The van der Waals surface area contributed by atoms with Crippen LogP contribution in [0.1, 0.15) is 11.1 Å². The van der Waals surface area contributed by atoms with Crippen molar-refractivity contribution >= 4 is 33.9 Å². The van der Waals surface area contributed by atoms with Gasteiger partial charge in [-0.25, -0.2) is 0 Å². The van der Waals surface area contributed by atoms with Crippen molar-refractivity contribution in [1.29, 1.82) is 0 Å². The number of fused-ring (bicyclic) bond motifs is 3. The summed E-state index contributed by atoms with van der Waals surface area (Å²) in [5.74, 6) is 0. The van der Waals surface area contributed by atoms with Crippen LogP contribution in [0, 0.1) is 0 Å². The second kappa shape index (κ2) is 6.08. The van der Waals surface area contributed by atoms with Gasteiger partial charge in [-0.05, 0) is 40.6 Å². The molecule has 0 radical (unpaired) electrons. The molecule has 0 unspecified atom stereocenters. The second-order valence-electron chi connectivity index (χ2n) is 6.43. The van der Waals surface area contributed by atoms with Gasteiger partial charge in [0.2, 0.25) is 0 Å². The Bertz CT molecular complexity index is 1100. The third kappa shape index (κ3) is 2.44. The van der Waals surface area contributed by atoms with Crippen molar-refractivity contribution in [2.75, 3.05) is 5.01 Å². The summed E-state index contributed by atoms with van der Waals surface area (Å²) >= 11 is 0. The van der Waals surface area contributed by atoms with E-state index in [0.29, 0.717) is 0 Å². The fourth-order valence-corrected chi connectivity index (χ4v) is 3.53. The zero-order valence-electron chi connectivity index (χ0n) is 14.3. The molecule has 2 heteroatoms. The third-order valence-electron chi connectivity index (χ3n) is 4.81. The first-order valence-corrected chi connectivity index (χ1v) is 8.81. The highest BCUT2D eigenvalue weighted by molar-refractivity contribution is 6.03. The zero-order valence-corrected chi connectivity index (χ0v) is 14.3. The van der Waals surface area contributed by atoms with Gasteiger partial charge < -0.3 is 0 Å². The van der Waals surface area contributed by atoms with Crippen molar-refractivity contribution in [3.8, 4) is 0 Å². The first-order chi connectivity index (χ1) is 12.9. The molecule has 4 aromatic carbocycles. The Hall–Kier alpha value is -3.52. The van der Waals surface area contributed by atoms with Gasteiger partial charge in [-0.15, -0.1) is 0 Å². The van der Waals surface area contributed by atoms with Crippen LogP contribution in [0.4, 0.5) is 11.4 Å². The molecule has 1 aliphatic rings. The van der Waals surface area contributed by atoms with E-state index in [0.717, 1.165) is 17.1 Å². The number of nitrogens with zero attached hydrogens (tertiary/aromatic N) is 1. The molecule has 0 spiro atoms. The fourth-order valence-electron chi connectivity index (χ4n) is 3.53. The molecule has 0 bridgehead atoms. The van der Waals surface area contributed by atoms with E-state index in [1.807, 2.05) is 12.1 Å². The molecule has 0 saturated heterocycles. The molecular weight excluding hydrogens is 316 g/mol. The lowest BCUT2D eigenvalue weighted by Gasteiger charge is -2.33. The smallest absolute Gasteiger partial charge is 0.0710 e. The number of hydrogen-bond acceptors (Lipinski definition) is 2. The molecule has 0 atom stereocenters. The van der Waals surface area contributed by atoms with Gasteiger partial charge in [0, 0.05) is 5.56 Å². The lowest BCUT2D eigenvalue weighted by Crippen LogP contribution is -2.35. The first kappa shape index (κ1) is 14.8. The SMILES string of the molecule is C1=C(c2ccccc2)NN(c2ccccc2)c2ccc3ccccc3c21.